The number of carbonyl (C=O) groups is 2. The van der Waals surface area contributed by atoms with Gasteiger partial charge in [0.05, 0.1) is 6.54 Å². The number of hydrogen-bond donors (Lipinski definition) is 0. The highest BCUT2D eigenvalue weighted by Gasteiger charge is 2.43. The van der Waals surface area contributed by atoms with E-state index in [-0.39, 0.29) is 6.54 Å². The minimum atomic E-state index is -3.03. The number of nitrogens with zero attached hydrogens (tertiary/aromatic N) is 1. The van der Waals surface area contributed by atoms with Crippen molar-refractivity contribution in [3.8, 4) is 0 Å². The van der Waals surface area contributed by atoms with Gasteiger partial charge in [-0.2, -0.15) is 0 Å². The predicted octanol–water partition coefficient (Wildman–Crippen LogP) is 2.08. The summed E-state index contributed by atoms with van der Waals surface area (Å²) in [5, 5.41) is 0. The van der Waals surface area contributed by atoms with Gasteiger partial charge >= 0.3 is 6.09 Å². The predicted molar refractivity (Wildman–Crippen MR) is 56.9 cm³/mol. The second-order valence-electron chi connectivity index (χ2n) is 5.32. The summed E-state index contributed by atoms with van der Waals surface area (Å²) in [6, 6.07) is 0. The number of rotatable bonds is 1. The van der Waals surface area contributed by atoms with Crippen molar-refractivity contribution in [3.63, 3.8) is 0 Å². The van der Waals surface area contributed by atoms with Crippen LogP contribution in [0.3, 0.4) is 0 Å². The van der Waals surface area contributed by atoms with Crippen molar-refractivity contribution in [1.29, 1.82) is 0 Å². The van der Waals surface area contributed by atoms with E-state index < -0.39 is 36.5 Å². The first kappa shape index (κ1) is 13.9. The second-order valence-corrected chi connectivity index (χ2v) is 5.32. The van der Waals surface area contributed by atoms with Gasteiger partial charge in [0.2, 0.25) is 0 Å². The average Bonchev–Trinajstić information content (AvgIpc) is 2.12. The summed E-state index contributed by atoms with van der Waals surface area (Å²) in [6.07, 6.45) is -0.844. The van der Waals surface area contributed by atoms with Crippen LogP contribution in [0.15, 0.2) is 0 Å². The maximum absolute atomic E-state index is 13.3. The fourth-order valence-electron chi connectivity index (χ4n) is 1.70. The Balaban J connectivity index is 2.70. The highest BCUT2D eigenvalue weighted by Crippen LogP contribution is 2.30. The van der Waals surface area contributed by atoms with Crippen molar-refractivity contribution >= 4 is 12.4 Å². The largest absolute Gasteiger partial charge is 0.444 e. The molecule has 1 aliphatic heterocycles. The number of halogens is 2. The Bertz CT molecular complexity index is 312. The summed E-state index contributed by atoms with van der Waals surface area (Å²) in [4.78, 5) is 23.1. The molecule has 0 radical (unpaired) electrons. The van der Waals surface area contributed by atoms with Gasteiger partial charge < -0.3 is 14.4 Å². The van der Waals surface area contributed by atoms with Crippen molar-refractivity contribution in [2.45, 2.75) is 38.7 Å². The Morgan fingerprint density at radius 1 is 1.47 bits per heavy atom. The zero-order chi connectivity index (χ0) is 13.3. The van der Waals surface area contributed by atoms with Crippen LogP contribution in [0, 0.1) is 5.92 Å². The van der Waals surface area contributed by atoms with Gasteiger partial charge in [0.1, 0.15) is 11.9 Å². The molecule has 1 aliphatic rings. The van der Waals surface area contributed by atoms with Crippen LogP contribution in [0.5, 0.6) is 0 Å². The number of alkyl halides is 2. The number of carbonyl (C=O) groups excluding carboxylic acids is 2. The number of piperidine rings is 1. The van der Waals surface area contributed by atoms with Crippen LogP contribution < -0.4 is 0 Å². The van der Waals surface area contributed by atoms with E-state index in [2.05, 4.69) is 0 Å². The number of aldehydes is 1. The molecule has 98 valence electrons. The molecule has 0 aliphatic carbocycles. The Hall–Kier alpha value is -1.20. The summed E-state index contributed by atoms with van der Waals surface area (Å²) in [6.45, 7) is 4.28. The lowest BCUT2D eigenvalue weighted by atomic mass is 9.97. The number of likely N-dealkylation sites (tertiary alicyclic amines) is 1. The molecule has 0 aromatic heterocycles. The molecule has 0 saturated carbocycles. The molecular formula is C11H17F2NO3. The fraction of sp³-hybridized carbons (Fsp3) is 0.818. The summed E-state index contributed by atoms with van der Waals surface area (Å²) >= 11 is 0. The molecule has 1 atom stereocenters. The summed E-state index contributed by atoms with van der Waals surface area (Å²) < 4.78 is 31.6. The van der Waals surface area contributed by atoms with Gasteiger partial charge in [-0.15, -0.1) is 0 Å². The maximum Gasteiger partial charge on any atom is 0.410 e. The zero-order valence-corrected chi connectivity index (χ0v) is 10.2. The third-order valence-corrected chi connectivity index (χ3v) is 2.28. The average molecular weight is 249 g/mol. The molecule has 6 heteroatoms. The lowest BCUT2D eigenvalue weighted by molar-refractivity contribution is -0.123. The molecule has 1 heterocycles. The molecule has 1 fully saturated rings. The highest BCUT2D eigenvalue weighted by atomic mass is 19.3. The van der Waals surface area contributed by atoms with Crippen LogP contribution in [0.25, 0.3) is 0 Å². The molecule has 1 amide bonds. The molecule has 1 saturated heterocycles. The van der Waals surface area contributed by atoms with Crippen molar-refractivity contribution in [3.05, 3.63) is 0 Å². The van der Waals surface area contributed by atoms with Crippen LogP contribution in [-0.2, 0) is 9.53 Å². The molecule has 0 N–H and O–H groups in total. The smallest absolute Gasteiger partial charge is 0.410 e. The molecule has 1 rings (SSSR count). The monoisotopic (exact) mass is 249 g/mol. The first-order valence-corrected chi connectivity index (χ1v) is 5.44. The van der Waals surface area contributed by atoms with E-state index in [9.17, 15) is 18.4 Å². The van der Waals surface area contributed by atoms with Gasteiger partial charge in [-0.05, 0) is 20.8 Å². The highest BCUT2D eigenvalue weighted by molar-refractivity contribution is 5.69. The van der Waals surface area contributed by atoms with Crippen LogP contribution in [-0.4, -0.2) is 41.9 Å². The van der Waals surface area contributed by atoms with Crippen molar-refractivity contribution < 1.29 is 23.1 Å². The summed E-state index contributed by atoms with van der Waals surface area (Å²) in [5.74, 6) is -3.85. The van der Waals surface area contributed by atoms with Gasteiger partial charge in [0, 0.05) is 18.9 Å². The van der Waals surface area contributed by atoms with E-state index in [1.807, 2.05) is 0 Å². The first-order chi connectivity index (χ1) is 7.63. The van der Waals surface area contributed by atoms with Crippen molar-refractivity contribution in [2.24, 2.45) is 5.92 Å². The summed E-state index contributed by atoms with van der Waals surface area (Å²) in [5.41, 5.74) is -0.736. The van der Waals surface area contributed by atoms with Crippen LogP contribution in [0.4, 0.5) is 13.6 Å². The normalized spacial score (nSPS) is 24.3. The minimum absolute atomic E-state index is 0.00595. The third kappa shape index (κ3) is 4.28. The second kappa shape index (κ2) is 4.58. The van der Waals surface area contributed by atoms with E-state index in [1.54, 1.807) is 20.8 Å². The van der Waals surface area contributed by atoms with Gasteiger partial charge in [-0.3, -0.25) is 0 Å². The maximum atomic E-state index is 13.3. The molecule has 0 bridgehead atoms. The zero-order valence-electron chi connectivity index (χ0n) is 10.2. The van der Waals surface area contributed by atoms with Crippen LogP contribution >= 0.6 is 0 Å². The Morgan fingerprint density at radius 2 is 2.06 bits per heavy atom. The number of amides is 1. The quantitative estimate of drug-likeness (QED) is 0.668. The van der Waals surface area contributed by atoms with Gasteiger partial charge in [0.25, 0.3) is 5.92 Å². The van der Waals surface area contributed by atoms with Crippen molar-refractivity contribution in [2.75, 3.05) is 13.1 Å². The van der Waals surface area contributed by atoms with E-state index in [0.29, 0.717) is 6.29 Å². The molecule has 4 nitrogen and oxygen atoms in total. The van der Waals surface area contributed by atoms with Crippen molar-refractivity contribution in [1.82, 2.24) is 4.90 Å². The van der Waals surface area contributed by atoms with Gasteiger partial charge in [0.15, 0.2) is 0 Å². The van der Waals surface area contributed by atoms with E-state index in [4.69, 9.17) is 4.74 Å². The standard InChI is InChI=1S/C11H17F2NO3/c1-10(2,3)17-9(16)14-5-8(6-15)4-11(12,13)7-14/h6,8H,4-5,7H2,1-3H3. The lowest BCUT2D eigenvalue weighted by Crippen LogP contribution is -2.51. The molecule has 0 spiro atoms. The first-order valence-electron chi connectivity index (χ1n) is 5.44. The van der Waals surface area contributed by atoms with Crippen LogP contribution in [0.1, 0.15) is 27.2 Å². The summed E-state index contributed by atoms with van der Waals surface area (Å²) in [7, 11) is 0. The van der Waals surface area contributed by atoms with Gasteiger partial charge in [-0.1, -0.05) is 0 Å². The minimum Gasteiger partial charge on any atom is -0.444 e. The topological polar surface area (TPSA) is 46.6 Å². The number of hydrogen-bond acceptors (Lipinski definition) is 3. The van der Waals surface area contributed by atoms with Gasteiger partial charge in [-0.25, -0.2) is 13.6 Å². The Labute approximate surface area is 98.9 Å². The molecule has 17 heavy (non-hydrogen) atoms. The molecule has 0 aromatic carbocycles. The fourth-order valence-corrected chi connectivity index (χ4v) is 1.70. The third-order valence-electron chi connectivity index (χ3n) is 2.28. The Kier molecular flexibility index (Phi) is 3.74. The SMILES string of the molecule is CC(C)(C)OC(=O)N1CC(C=O)CC(F)(F)C1. The Morgan fingerprint density at radius 3 is 2.53 bits per heavy atom. The lowest BCUT2D eigenvalue weighted by Gasteiger charge is -2.36. The molecule has 0 aromatic rings. The van der Waals surface area contributed by atoms with E-state index in [0.717, 1.165) is 4.90 Å². The molecule has 1 unspecified atom stereocenters. The number of ether oxygens (including phenoxy) is 1. The molecular weight excluding hydrogens is 232 g/mol. The van der Waals surface area contributed by atoms with Crippen LogP contribution in [0.2, 0.25) is 0 Å². The van der Waals surface area contributed by atoms with E-state index >= 15 is 0 Å². The van der Waals surface area contributed by atoms with E-state index in [1.165, 1.54) is 0 Å².